The number of nitrogens with zero attached hydrogens (tertiary/aromatic N) is 2. The second-order valence-corrected chi connectivity index (χ2v) is 3.94. The molecule has 5 heteroatoms. The highest BCUT2D eigenvalue weighted by atomic mass is 16.5. The van der Waals surface area contributed by atoms with E-state index in [0.717, 1.165) is 11.1 Å². The van der Waals surface area contributed by atoms with Crippen LogP contribution in [0.3, 0.4) is 0 Å². The predicted molar refractivity (Wildman–Crippen MR) is 70.7 cm³/mol. The molecule has 0 amide bonds. The van der Waals surface area contributed by atoms with Crippen LogP contribution < -0.4 is 9.47 Å². The first-order valence-corrected chi connectivity index (χ1v) is 5.70. The fourth-order valence-electron chi connectivity index (χ4n) is 1.84. The van der Waals surface area contributed by atoms with Crippen LogP contribution in [0.5, 0.6) is 11.5 Å². The zero-order valence-electron chi connectivity index (χ0n) is 11.0. The van der Waals surface area contributed by atoms with Crippen LogP contribution in [-0.4, -0.2) is 30.5 Å². The van der Waals surface area contributed by atoms with Crippen molar-refractivity contribution in [3.63, 3.8) is 0 Å². The van der Waals surface area contributed by atoms with E-state index in [2.05, 4.69) is 9.97 Å². The number of hydrogen-bond acceptors (Lipinski definition) is 5. The largest absolute Gasteiger partial charge is 0.493 e. The summed E-state index contributed by atoms with van der Waals surface area (Å²) in [6.07, 6.45) is 2.18. The van der Waals surface area contributed by atoms with Gasteiger partial charge >= 0.3 is 0 Å². The molecule has 19 heavy (non-hydrogen) atoms. The Labute approximate surface area is 111 Å². The Hall–Kier alpha value is -2.43. The number of aromatic nitrogens is 2. The van der Waals surface area contributed by atoms with E-state index < -0.39 is 0 Å². The first-order valence-electron chi connectivity index (χ1n) is 5.70. The van der Waals surface area contributed by atoms with Gasteiger partial charge < -0.3 is 9.47 Å². The molecule has 2 aromatic rings. The van der Waals surface area contributed by atoms with Crippen LogP contribution >= 0.6 is 0 Å². The van der Waals surface area contributed by atoms with E-state index in [0.29, 0.717) is 23.5 Å². The molecule has 0 saturated heterocycles. The number of aryl methyl sites for hydroxylation is 1. The van der Waals surface area contributed by atoms with Crippen LogP contribution in [0, 0.1) is 6.92 Å². The standard InChI is InChI=1S/C14H14N2O3/c1-9-6-12(18-2)13(19-3)7-10(9)11-4-5-15-14(8-17)16-11/h4-8H,1-3H3. The highest BCUT2D eigenvalue weighted by Crippen LogP contribution is 2.34. The van der Waals surface area contributed by atoms with Gasteiger partial charge in [-0.2, -0.15) is 0 Å². The van der Waals surface area contributed by atoms with Gasteiger partial charge in [0.2, 0.25) is 0 Å². The van der Waals surface area contributed by atoms with E-state index in [-0.39, 0.29) is 5.82 Å². The van der Waals surface area contributed by atoms with Gasteiger partial charge in [0.1, 0.15) is 0 Å². The van der Waals surface area contributed by atoms with Crippen LogP contribution in [0.1, 0.15) is 16.2 Å². The van der Waals surface area contributed by atoms with Crippen LogP contribution in [0.4, 0.5) is 0 Å². The third-order valence-electron chi connectivity index (χ3n) is 2.79. The lowest BCUT2D eigenvalue weighted by Crippen LogP contribution is -1.97. The van der Waals surface area contributed by atoms with Gasteiger partial charge in [0, 0.05) is 11.8 Å². The summed E-state index contributed by atoms with van der Waals surface area (Å²) in [5, 5.41) is 0. The molecule has 0 unspecified atom stereocenters. The maximum atomic E-state index is 10.7. The summed E-state index contributed by atoms with van der Waals surface area (Å²) >= 11 is 0. The molecule has 0 aliphatic heterocycles. The lowest BCUT2D eigenvalue weighted by atomic mass is 10.0. The predicted octanol–water partition coefficient (Wildman–Crippen LogP) is 2.28. The average molecular weight is 258 g/mol. The van der Waals surface area contributed by atoms with Crippen molar-refractivity contribution >= 4 is 6.29 Å². The molecule has 0 spiro atoms. The molecule has 0 aliphatic carbocycles. The highest BCUT2D eigenvalue weighted by Gasteiger charge is 2.11. The minimum atomic E-state index is 0.159. The molecule has 1 aromatic carbocycles. The number of ether oxygens (including phenoxy) is 2. The zero-order valence-corrected chi connectivity index (χ0v) is 11.0. The van der Waals surface area contributed by atoms with Crippen molar-refractivity contribution in [3.8, 4) is 22.8 Å². The summed E-state index contributed by atoms with van der Waals surface area (Å²) in [5.41, 5.74) is 2.53. The summed E-state index contributed by atoms with van der Waals surface area (Å²) < 4.78 is 10.5. The molecule has 0 atom stereocenters. The van der Waals surface area contributed by atoms with Crippen molar-refractivity contribution in [2.45, 2.75) is 6.92 Å². The van der Waals surface area contributed by atoms with E-state index in [9.17, 15) is 4.79 Å². The molecule has 0 bridgehead atoms. The fraction of sp³-hybridized carbons (Fsp3) is 0.214. The minimum absolute atomic E-state index is 0.159. The number of aldehydes is 1. The van der Waals surface area contributed by atoms with Crippen molar-refractivity contribution in [1.29, 1.82) is 0 Å². The number of carbonyl (C=O) groups is 1. The molecular formula is C14H14N2O3. The first kappa shape index (κ1) is 13.0. The lowest BCUT2D eigenvalue weighted by molar-refractivity contribution is 0.111. The molecular weight excluding hydrogens is 244 g/mol. The van der Waals surface area contributed by atoms with Gasteiger partial charge in [-0.1, -0.05) is 0 Å². The van der Waals surface area contributed by atoms with Crippen molar-refractivity contribution < 1.29 is 14.3 Å². The van der Waals surface area contributed by atoms with E-state index in [4.69, 9.17) is 9.47 Å². The number of hydrogen-bond donors (Lipinski definition) is 0. The van der Waals surface area contributed by atoms with E-state index in [1.165, 1.54) is 0 Å². The lowest BCUT2D eigenvalue weighted by Gasteiger charge is -2.12. The van der Waals surface area contributed by atoms with Gasteiger partial charge in [-0.25, -0.2) is 9.97 Å². The van der Waals surface area contributed by atoms with E-state index in [1.54, 1.807) is 26.5 Å². The van der Waals surface area contributed by atoms with E-state index in [1.807, 2.05) is 19.1 Å². The van der Waals surface area contributed by atoms with Gasteiger partial charge in [-0.05, 0) is 30.7 Å². The Bertz CT molecular complexity index is 612. The number of benzene rings is 1. The molecule has 2 rings (SSSR count). The zero-order chi connectivity index (χ0) is 13.8. The quantitative estimate of drug-likeness (QED) is 0.787. The Morgan fingerprint density at radius 2 is 1.84 bits per heavy atom. The van der Waals surface area contributed by atoms with Gasteiger partial charge in [0.15, 0.2) is 23.6 Å². The summed E-state index contributed by atoms with van der Waals surface area (Å²) in [4.78, 5) is 18.8. The van der Waals surface area contributed by atoms with Crippen LogP contribution in [0.25, 0.3) is 11.3 Å². The summed E-state index contributed by atoms with van der Waals surface area (Å²) in [6.45, 7) is 1.94. The third kappa shape index (κ3) is 2.54. The highest BCUT2D eigenvalue weighted by molar-refractivity contribution is 5.73. The van der Waals surface area contributed by atoms with Gasteiger partial charge in [-0.3, -0.25) is 4.79 Å². The van der Waals surface area contributed by atoms with E-state index >= 15 is 0 Å². The third-order valence-corrected chi connectivity index (χ3v) is 2.79. The van der Waals surface area contributed by atoms with Crippen LogP contribution in [0.15, 0.2) is 24.4 Å². The van der Waals surface area contributed by atoms with Crippen molar-refractivity contribution in [2.75, 3.05) is 14.2 Å². The molecule has 0 fully saturated rings. The Kier molecular flexibility index (Phi) is 3.75. The molecule has 0 saturated carbocycles. The Balaban J connectivity index is 2.57. The fourth-order valence-corrected chi connectivity index (χ4v) is 1.84. The molecule has 1 aromatic heterocycles. The van der Waals surface area contributed by atoms with Gasteiger partial charge in [-0.15, -0.1) is 0 Å². The minimum Gasteiger partial charge on any atom is -0.493 e. The van der Waals surface area contributed by atoms with Crippen molar-refractivity contribution in [3.05, 3.63) is 35.8 Å². The Morgan fingerprint density at radius 1 is 1.16 bits per heavy atom. The summed E-state index contributed by atoms with van der Waals surface area (Å²) in [6, 6.07) is 5.46. The second-order valence-electron chi connectivity index (χ2n) is 3.94. The van der Waals surface area contributed by atoms with Crippen molar-refractivity contribution in [1.82, 2.24) is 9.97 Å². The van der Waals surface area contributed by atoms with Crippen LogP contribution in [0.2, 0.25) is 0 Å². The maximum Gasteiger partial charge on any atom is 0.193 e. The van der Waals surface area contributed by atoms with Gasteiger partial charge in [0.25, 0.3) is 0 Å². The average Bonchev–Trinajstić information content (AvgIpc) is 2.46. The molecule has 1 heterocycles. The number of methoxy groups -OCH3 is 2. The second kappa shape index (κ2) is 5.48. The molecule has 0 radical (unpaired) electrons. The van der Waals surface area contributed by atoms with Crippen LogP contribution in [-0.2, 0) is 0 Å². The summed E-state index contributed by atoms with van der Waals surface area (Å²) in [7, 11) is 3.17. The topological polar surface area (TPSA) is 61.3 Å². The number of carbonyl (C=O) groups excluding carboxylic acids is 1. The molecule has 0 aliphatic rings. The van der Waals surface area contributed by atoms with Crippen molar-refractivity contribution in [2.24, 2.45) is 0 Å². The maximum absolute atomic E-state index is 10.7. The summed E-state index contributed by atoms with van der Waals surface area (Å²) in [5.74, 6) is 1.44. The first-order chi connectivity index (χ1) is 9.19. The molecule has 5 nitrogen and oxygen atoms in total. The van der Waals surface area contributed by atoms with Gasteiger partial charge in [0.05, 0.1) is 19.9 Å². The molecule has 0 N–H and O–H groups in total. The SMILES string of the molecule is COc1cc(C)c(-c2ccnc(C=O)n2)cc1OC. The Morgan fingerprint density at radius 3 is 2.47 bits per heavy atom. The number of rotatable bonds is 4. The smallest absolute Gasteiger partial charge is 0.193 e. The normalized spacial score (nSPS) is 10.1. The molecule has 98 valence electrons. The monoisotopic (exact) mass is 258 g/mol.